The first-order chi connectivity index (χ1) is 4.83. The maximum Gasteiger partial charge on any atom is 0.177 e. The van der Waals surface area contributed by atoms with Gasteiger partial charge in [0.15, 0.2) is 11.5 Å². The lowest BCUT2D eigenvalue weighted by Gasteiger charge is -1.93. The van der Waals surface area contributed by atoms with Gasteiger partial charge in [-0.25, -0.2) is 0 Å². The Balaban J connectivity index is 2.57. The summed E-state index contributed by atoms with van der Waals surface area (Å²) in [6.07, 6.45) is 0.828. The molecule has 1 aliphatic heterocycles. The van der Waals surface area contributed by atoms with E-state index < -0.39 is 0 Å². The normalized spacial score (nSPS) is 12.1. The van der Waals surface area contributed by atoms with Crippen molar-refractivity contribution >= 4 is 0 Å². The molecule has 0 saturated heterocycles. The average molecular weight is 136 g/mol. The Labute approximate surface area is 59.1 Å². The first kappa shape index (κ1) is 5.59. The zero-order valence-electron chi connectivity index (χ0n) is 5.72. The van der Waals surface area contributed by atoms with Crippen molar-refractivity contribution in [2.45, 2.75) is 13.3 Å². The summed E-state index contributed by atoms with van der Waals surface area (Å²) in [5, 5.41) is 9.24. The summed E-state index contributed by atoms with van der Waals surface area (Å²) < 4.78 is 5.08. The molecule has 0 unspecified atom stereocenters. The Morgan fingerprint density at radius 1 is 1.50 bits per heavy atom. The second-order valence-corrected chi connectivity index (χ2v) is 2.35. The maximum absolute atomic E-state index is 9.24. The Kier molecular flexibility index (Phi) is 0.926. The van der Waals surface area contributed by atoms with Gasteiger partial charge in [0.25, 0.3) is 0 Å². The van der Waals surface area contributed by atoms with Crippen molar-refractivity contribution in [2.75, 3.05) is 0 Å². The van der Waals surface area contributed by atoms with Crippen LogP contribution in [0, 0.1) is 0 Å². The first-order valence-corrected chi connectivity index (χ1v) is 3.35. The monoisotopic (exact) mass is 136 g/mol. The van der Waals surface area contributed by atoms with Gasteiger partial charge in [0.1, 0.15) is 5.75 Å². The second kappa shape index (κ2) is 1.66. The van der Waals surface area contributed by atoms with Crippen LogP contribution in [-0.4, -0.2) is 5.11 Å². The van der Waals surface area contributed by atoms with E-state index in [-0.39, 0.29) is 0 Å². The lowest BCUT2D eigenvalue weighted by Crippen LogP contribution is -1.75. The SMILES string of the molecule is CCc1c(O)ccc2c1O2. The number of aromatic hydroxyl groups is 1. The van der Waals surface area contributed by atoms with E-state index in [1.807, 2.05) is 6.92 Å². The Bertz CT molecular complexity index is 275. The molecular formula is C8H8O2. The van der Waals surface area contributed by atoms with E-state index in [1.54, 1.807) is 12.1 Å². The molecule has 0 amide bonds. The summed E-state index contributed by atoms with van der Waals surface area (Å²) >= 11 is 0. The predicted octanol–water partition coefficient (Wildman–Crippen LogP) is 2.06. The van der Waals surface area contributed by atoms with Crippen LogP contribution < -0.4 is 4.74 Å². The Morgan fingerprint density at radius 2 is 2.30 bits per heavy atom. The second-order valence-electron chi connectivity index (χ2n) is 2.35. The van der Waals surface area contributed by atoms with Crippen molar-refractivity contribution in [3.8, 4) is 17.2 Å². The summed E-state index contributed by atoms with van der Waals surface area (Å²) in [4.78, 5) is 0. The molecule has 10 heavy (non-hydrogen) atoms. The smallest absolute Gasteiger partial charge is 0.177 e. The van der Waals surface area contributed by atoms with Crippen molar-refractivity contribution in [1.29, 1.82) is 0 Å². The molecule has 52 valence electrons. The van der Waals surface area contributed by atoms with Crippen LogP contribution in [0.15, 0.2) is 12.1 Å². The van der Waals surface area contributed by atoms with E-state index in [0.717, 1.165) is 23.5 Å². The van der Waals surface area contributed by atoms with Crippen LogP contribution in [0.3, 0.4) is 0 Å². The van der Waals surface area contributed by atoms with Gasteiger partial charge in [-0.15, -0.1) is 0 Å². The van der Waals surface area contributed by atoms with Gasteiger partial charge in [0, 0.05) is 5.56 Å². The van der Waals surface area contributed by atoms with Crippen molar-refractivity contribution in [2.24, 2.45) is 0 Å². The van der Waals surface area contributed by atoms with E-state index in [2.05, 4.69) is 0 Å². The molecular weight excluding hydrogens is 128 g/mol. The van der Waals surface area contributed by atoms with Gasteiger partial charge in [-0.2, -0.15) is 0 Å². The molecule has 0 saturated carbocycles. The van der Waals surface area contributed by atoms with Crippen LogP contribution in [-0.2, 0) is 6.42 Å². The maximum atomic E-state index is 9.24. The number of fused-ring (bicyclic) bond motifs is 1. The molecule has 0 bridgehead atoms. The van der Waals surface area contributed by atoms with Gasteiger partial charge in [-0.3, -0.25) is 0 Å². The molecule has 1 aromatic carbocycles. The molecule has 0 aromatic heterocycles. The van der Waals surface area contributed by atoms with E-state index in [4.69, 9.17) is 4.74 Å². The van der Waals surface area contributed by atoms with E-state index in [1.165, 1.54) is 0 Å². The third-order valence-electron chi connectivity index (χ3n) is 1.72. The average Bonchev–Trinajstić information content (AvgIpc) is 2.66. The molecule has 2 heteroatoms. The highest BCUT2D eigenvalue weighted by atomic mass is 16.6. The molecule has 2 nitrogen and oxygen atoms in total. The minimum absolute atomic E-state index is 0.346. The molecule has 2 rings (SSSR count). The number of hydrogen-bond donors (Lipinski definition) is 1. The number of benzene rings is 1. The third-order valence-corrected chi connectivity index (χ3v) is 1.72. The zero-order valence-corrected chi connectivity index (χ0v) is 5.72. The van der Waals surface area contributed by atoms with Gasteiger partial charge >= 0.3 is 0 Å². The third kappa shape index (κ3) is 0.588. The fourth-order valence-electron chi connectivity index (χ4n) is 1.12. The number of ether oxygens (including phenoxy) is 1. The number of rotatable bonds is 1. The molecule has 0 atom stereocenters. The van der Waals surface area contributed by atoms with Gasteiger partial charge in [0.2, 0.25) is 0 Å². The molecule has 0 aliphatic carbocycles. The molecule has 0 fully saturated rings. The molecule has 1 heterocycles. The van der Waals surface area contributed by atoms with Crippen molar-refractivity contribution in [3.05, 3.63) is 17.7 Å². The highest BCUT2D eigenvalue weighted by Gasteiger charge is 2.25. The topological polar surface area (TPSA) is 32.8 Å². The van der Waals surface area contributed by atoms with E-state index >= 15 is 0 Å². The number of hydrogen-bond acceptors (Lipinski definition) is 2. The van der Waals surface area contributed by atoms with Crippen molar-refractivity contribution in [3.63, 3.8) is 0 Å². The van der Waals surface area contributed by atoms with Gasteiger partial charge in [-0.05, 0) is 18.6 Å². The fourth-order valence-corrected chi connectivity index (χ4v) is 1.12. The summed E-state index contributed by atoms with van der Waals surface area (Å²) in [6.45, 7) is 2.00. The van der Waals surface area contributed by atoms with Crippen LogP contribution in [0.2, 0.25) is 0 Å². The summed E-state index contributed by atoms with van der Waals surface area (Å²) in [5.41, 5.74) is 0.928. The van der Waals surface area contributed by atoms with Crippen LogP contribution >= 0.6 is 0 Å². The van der Waals surface area contributed by atoms with E-state index in [9.17, 15) is 5.11 Å². The summed E-state index contributed by atoms with van der Waals surface area (Å²) in [7, 11) is 0. The standard InChI is InChI=1S/C8H8O2/c1-2-5-6(9)3-4-7-8(5)10-7/h3-4,9H,2H2,1H3. The Morgan fingerprint density at radius 3 is 2.90 bits per heavy atom. The lowest BCUT2D eigenvalue weighted by atomic mass is 10.1. The van der Waals surface area contributed by atoms with Gasteiger partial charge in [0.05, 0.1) is 0 Å². The fraction of sp³-hybridized carbons (Fsp3) is 0.250. The highest BCUT2D eigenvalue weighted by Crippen LogP contribution is 2.51. The molecule has 1 aromatic rings. The van der Waals surface area contributed by atoms with Gasteiger partial charge in [-0.1, -0.05) is 6.92 Å². The van der Waals surface area contributed by atoms with E-state index in [0.29, 0.717) is 5.75 Å². The predicted molar refractivity (Wildman–Crippen MR) is 37.6 cm³/mol. The van der Waals surface area contributed by atoms with Crippen LogP contribution in [0.25, 0.3) is 0 Å². The summed E-state index contributed by atoms with van der Waals surface area (Å²) in [6, 6.07) is 3.45. The molecule has 1 N–H and O–H groups in total. The van der Waals surface area contributed by atoms with Crippen LogP contribution in [0.1, 0.15) is 12.5 Å². The van der Waals surface area contributed by atoms with Crippen LogP contribution in [0.4, 0.5) is 0 Å². The quantitative estimate of drug-likeness (QED) is 0.608. The molecule has 0 radical (unpaired) electrons. The minimum Gasteiger partial charge on any atom is -0.508 e. The molecule has 1 aliphatic rings. The summed E-state index contributed by atoms with van der Waals surface area (Å²) in [5.74, 6) is 2.14. The van der Waals surface area contributed by atoms with Gasteiger partial charge < -0.3 is 9.84 Å². The first-order valence-electron chi connectivity index (χ1n) is 3.35. The highest BCUT2D eigenvalue weighted by molar-refractivity contribution is 5.63. The minimum atomic E-state index is 0.346. The van der Waals surface area contributed by atoms with Crippen molar-refractivity contribution < 1.29 is 9.84 Å². The Hall–Kier alpha value is -1.18. The van der Waals surface area contributed by atoms with Crippen LogP contribution in [0.5, 0.6) is 17.2 Å². The number of phenols is 1. The zero-order chi connectivity index (χ0) is 7.14. The lowest BCUT2D eigenvalue weighted by molar-refractivity contribution is 0.468. The number of phenolic OH excluding ortho intramolecular Hbond substituents is 1. The molecule has 0 spiro atoms. The van der Waals surface area contributed by atoms with Crippen molar-refractivity contribution in [1.82, 2.24) is 0 Å². The largest absolute Gasteiger partial charge is 0.508 e.